The number of non-ortho nitro benzene ring substituents is 1. The van der Waals surface area contributed by atoms with Gasteiger partial charge < -0.3 is 10.6 Å². The van der Waals surface area contributed by atoms with E-state index in [0.29, 0.717) is 29.9 Å². The minimum atomic E-state index is -0.448. The fourth-order valence-electron chi connectivity index (χ4n) is 2.11. The van der Waals surface area contributed by atoms with Crippen LogP contribution >= 0.6 is 0 Å². The van der Waals surface area contributed by atoms with Gasteiger partial charge in [0.2, 0.25) is 0 Å². The van der Waals surface area contributed by atoms with Crippen molar-refractivity contribution in [3.05, 3.63) is 63.7 Å². The van der Waals surface area contributed by atoms with Crippen LogP contribution < -0.4 is 10.6 Å². The Bertz CT molecular complexity index is 794. The number of anilines is 2. The summed E-state index contributed by atoms with van der Waals surface area (Å²) in [6.07, 6.45) is 0. The van der Waals surface area contributed by atoms with Gasteiger partial charge in [-0.1, -0.05) is 0 Å². The number of nitrogens with zero attached hydrogens (tertiary/aromatic N) is 2. The summed E-state index contributed by atoms with van der Waals surface area (Å²) in [5, 5.41) is 25.9. The average molecular weight is 324 g/mol. The van der Waals surface area contributed by atoms with E-state index in [1.54, 1.807) is 30.3 Å². The lowest BCUT2D eigenvalue weighted by atomic mass is 10.1. The SMILES string of the molecule is CC(=O)c1ccc(C#N)c(NCCNc2ccc([N+](=O)[O-])cc2)c1. The Morgan fingerprint density at radius 3 is 2.42 bits per heavy atom. The zero-order valence-corrected chi connectivity index (χ0v) is 13.1. The quantitative estimate of drug-likeness (QED) is 0.350. The second-order valence-corrected chi connectivity index (χ2v) is 5.09. The van der Waals surface area contributed by atoms with Crippen LogP contribution in [0.4, 0.5) is 17.1 Å². The molecule has 2 rings (SSSR count). The minimum Gasteiger partial charge on any atom is -0.383 e. The first-order valence-electron chi connectivity index (χ1n) is 7.28. The van der Waals surface area contributed by atoms with Crippen LogP contribution in [0.1, 0.15) is 22.8 Å². The van der Waals surface area contributed by atoms with Gasteiger partial charge in [0.15, 0.2) is 5.78 Å². The lowest BCUT2D eigenvalue weighted by molar-refractivity contribution is -0.384. The summed E-state index contributed by atoms with van der Waals surface area (Å²) in [7, 11) is 0. The lowest BCUT2D eigenvalue weighted by Gasteiger charge is -2.11. The third-order valence-electron chi connectivity index (χ3n) is 3.39. The zero-order valence-electron chi connectivity index (χ0n) is 13.1. The molecular formula is C17H16N4O3. The van der Waals surface area contributed by atoms with Crippen LogP contribution in [-0.2, 0) is 0 Å². The number of hydrogen-bond donors (Lipinski definition) is 2. The normalized spacial score (nSPS) is 9.83. The maximum atomic E-state index is 11.4. The van der Waals surface area contributed by atoms with Gasteiger partial charge in [0.25, 0.3) is 5.69 Å². The standard InChI is InChI=1S/C17H16N4O3/c1-12(22)13-2-3-14(11-18)17(10-13)20-9-8-19-15-4-6-16(7-5-15)21(23)24/h2-7,10,19-20H,8-9H2,1H3. The van der Waals surface area contributed by atoms with Crippen molar-refractivity contribution in [3.63, 3.8) is 0 Å². The van der Waals surface area contributed by atoms with Crippen molar-refractivity contribution in [3.8, 4) is 6.07 Å². The van der Waals surface area contributed by atoms with E-state index in [1.165, 1.54) is 19.1 Å². The van der Waals surface area contributed by atoms with Crippen molar-refractivity contribution in [1.29, 1.82) is 5.26 Å². The van der Waals surface area contributed by atoms with E-state index in [-0.39, 0.29) is 11.5 Å². The van der Waals surface area contributed by atoms with E-state index < -0.39 is 4.92 Å². The van der Waals surface area contributed by atoms with Gasteiger partial charge in [-0.15, -0.1) is 0 Å². The van der Waals surface area contributed by atoms with Gasteiger partial charge in [-0.3, -0.25) is 14.9 Å². The van der Waals surface area contributed by atoms with Gasteiger partial charge in [0.05, 0.1) is 16.2 Å². The van der Waals surface area contributed by atoms with E-state index in [1.807, 2.05) is 0 Å². The molecule has 0 aliphatic carbocycles. The number of nitro groups is 1. The number of nitriles is 1. The average Bonchev–Trinajstić information content (AvgIpc) is 2.58. The smallest absolute Gasteiger partial charge is 0.269 e. The molecule has 2 N–H and O–H groups in total. The number of nitrogens with one attached hydrogen (secondary N) is 2. The van der Waals surface area contributed by atoms with Crippen molar-refractivity contribution < 1.29 is 9.72 Å². The molecule has 2 aromatic carbocycles. The van der Waals surface area contributed by atoms with E-state index in [9.17, 15) is 14.9 Å². The predicted molar refractivity (Wildman–Crippen MR) is 91.2 cm³/mol. The lowest BCUT2D eigenvalue weighted by Crippen LogP contribution is -2.14. The third-order valence-corrected chi connectivity index (χ3v) is 3.39. The van der Waals surface area contributed by atoms with E-state index in [2.05, 4.69) is 16.7 Å². The molecule has 0 bridgehead atoms. The molecule has 0 saturated carbocycles. The summed E-state index contributed by atoms with van der Waals surface area (Å²) < 4.78 is 0. The van der Waals surface area contributed by atoms with Crippen LogP contribution in [0.25, 0.3) is 0 Å². The first kappa shape index (κ1) is 17.0. The van der Waals surface area contributed by atoms with Crippen LogP contribution in [-0.4, -0.2) is 23.8 Å². The molecule has 24 heavy (non-hydrogen) atoms. The number of rotatable bonds is 7. The Labute approximate surface area is 139 Å². The van der Waals surface area contributed by atoms with E-state index in [4.69, 9.17) is 5.26 Å². The van der Waals surface area contributed by atoms with Crippen molar-refractivity contribution in [2.45, 2.75) is 6.92 Å². The van der Waals surface area contributed by atoms with Gasteiger partial charge in [-0.05, 0) is 37.3 Å². The van der Waals surface area contributed by atoms with Gasteiger partial charge >= 0.3 is 0 Å². The molecule has 0 amide bonds. The number of benzene rings is 2. The molecular weight excluding hydrogens is 308 g/mol. The number of Topliss-reactive ketones (excluding diaryl/α,β-unsaturated/α-hetero) is 1. The Morgan fingerprint density at radius 1 is 1.17 bits per heavy atom. The first-order valence-corrected chi connectivity index (χ1v) is 7.28. The molecule has 0 aliphatic heterocycles. The van der Waals surface area contributed by atoms with Crippen LogP contribution in [0.15, 0.2) is 42.5 Å². The van der Waals surface area contributed by atoms with E-state index >= 15 is 0 Å². The monoisotopic (exact) mass is 324 g/mol. The highest BCUT2D eigenvalue weighted by Gasteiger charge is 2.06. The predicted octanol–water partition coefficient (Wildman–Crippen LogP) is 3.19. The summed E-state index contributed by atoms with van der Waals surface area (Å²) in [5.74, 6) is -0.0634. The van der Waals surface area contributed by atoms with Gasteiger partial charge in [-0.25, -0.2) is 0 Å². The fourth-order valence-corrected chi connectivity index (χ4v) is 2.11. The molecule has 0 atom stereocenters. The Morgan fingerprint density at radius 2 is 1.83 bits per heavy atom. The Kier molecular flexibility index (Phi) is 5.47. The molecule has 0 heterocycles. The third kappa shape index (κ3) is 4.30. The molecule has 0 spiro atoms. The van der Waals surface area contributed by atoms with Crippen molar-refractivity contribution in [2.75, 3.05) is 23.7 Å². The number of nitro benzene ring substituents is 1. The molecule has 122 valence electrons. The summed E-state index contributed by atoms with van der Waals surface area (Å²) in [5.41, 5.74) is 2.42. The maximum absolute atomic E-state index is 11.4. The molecule has 0 radical (unpaired) electrons. The van der Waals surface area contributed by atoms with E-state index in [0.717, 1.165) is 5.69 Å². The molecule has 0 saturated heterocycles. The topological polar surface area (TPSA) is 108 Å². The van der Waals surface area contributed by atoms with Crippen molar-refractivity contribution in [1.82, 2.24) is 0 Å². The van der Waals surface area contributed by atoms with Gasteiger partial charge in [-0.2, -0.15) is 5.26 Å². The molecule has 2 aromatic rings. The Hall–Kier alpha value is -3.40. The summed E-state index contributed by atoms with van der Waals surface area (Å²) in [4.78, 5) is 21.6. The minimum absolute atomic E-state index is 0.0402. The summed E-state index contributed by atoms with van der Waals surface area (Å²) >= 11 is 0. The van der Waals surface area contributed by atoms with Crippen LogP contribution in [0.3, 0.4) is 0 Å². The number of ketones is 1. The summed E-state index contributed by atoms with van der Waals surface area (Å²) in [6.45, 7) is 2.54. The van der Waals surface area contributed by atoms with Crippen molar-refractivity contribution >= 4 is 22.8 Å². The van der Waals surface area contributed by atoms with Crippen LogP contribution in [0.5, 0.6) is 0 Å². The molecule has 0 unspecified atom stereocenters. The highest BCUT2D eigenvalue weighted by atomic mass is 16.6. The highest BCUT2D eigenvalue weighted by Crippen LogP contribution is 2.18. The molecule has 7 nitrogen and oxygen atoms in total. The number of carbonyl (C=O) groups excluding carboxylic acids is 1. The largest absolute Gasteiger partial charge is 0.383 e. The van der Waals surface area contributed by atoms with Crippen LogP contribution in [0.2, 0.25) is 0 Å². The highest BCUT2D eigenvalue weighted by molar-refractivity contribution is 5.95. The molecule has 7 heteroatoms. The first-order chi connectivity index (χ1) is 11.5. The van der Waals surface area contributed by atoms with Crippen molar-refractivity contribution in [2.24, 2.45) is 0 Å². The molecule has 0 aromatic heterocycles. The second kappa shape index (κ2) is 7.74. The summed E-state index contributed by atoms with van der Waals surface area (Å²) in [6, 6.07) is 13.1. The van der Waals surface area contributed by atoms with Gasteiger partial charge in [0, 0.05) is 36.5 Å². The fraction of sp³-hybridized carbons (Fsp3) is 0.176. The molecule has 0 aliphatic rings. The van der Waals surface area contributed by atoms with Gasteiger partial charge in [0.1, 0.15) is 6.07 Å². The van der Waals surface area contributed by atoms with Crippen LogP contribution in [0, 0.1) is 21.4 Å². The number of hydrogen-bond acceptors (Lipinski definition) is 6. The Balaban J connectivity index is 1.92. The zero-order chi connectivity index (χ0) is 17.5. The molecule has 0 fully saturated rings. The second-order valence-electron chi connectivity index (χ2n) is 5.09. The maximum Gasteiger partial charge on any atom is 0.269 e. The number of carbonyl (C=O) groups is 1.